The van der Waals surface area contributed by atoms with E-state index in [1.165, 1.54) is 24.5 Å². The maximum Gasteiger partial charge on any atom is 0.142 e. The standard InChI is InChI=1S/C16H18ClFN2S/c17-14-4-1-12(7-15(14)18)16(8-19)20(13-2-3-13)9-11-5-6-21-10-11/h1,4-7,10,13,16H,2-3,8-9,19H2. The molecule has 1 aromatic heterocycles. The highest BCUT2D eigenvalue weighted by atomic mass is 35.5. The van der Waals surface area contributed by atoms with Crippen molar-refractivity contribution in [2.75, 3.05) is 6.54 Å². The van der Waals surface area contributed by atoms with Crippen molar-refractivity contribution in [1.29, 1.82) is 0 Å². The zero-order valence-corrected chi connectivity index (χ0v) is 13.2. The first-order chi connectivity index (χ1) is 10.2. The fourth-order valence-corrected chi connectivity index (χ4v) is 3.45. The van der Waals surface area contributed by atoms with Crippen molar-refractivity contribution in [3.63, 3.8) is 0 Å². The minimum atomic E-state index is -0.376. The van der Waals surface area contributed by atoms with E-state index in [-0.39, 0.29) is 16.9 Å². The summed E-state index contributed by atoms with van der Waals surface area (Å²) < 4.78 is 13.7. The summed E-state index contributed by atoms with van der Waals surface area (Å²) in [6, 6.07) is 7.73. The lowest BCUT2D eigenvalue weighted by Crippen LogP contribution is -2.35. The van der Waals surface area contributed by atoms with Crippen LogP contribution in [0.15, 0.2) is 35.0 Å². The molecule has 0 amide bonds. The highest BCUT2D eigenvalue weighted by Crippen LogP contribution is 2.36. The van der Waals surface area contributed by atoms with E-state index in [1.54, 1.807) is 17.4 Å². The molecule has 1 unspecified atom stereocenters. The normalized spacial score (nSPS) is 16.4. The summed E-state index contributed by atoms with van der Waals surface area (Å²) in [6.07, 6.45) is 2.38. The quantitative estimate of drug-likeness (QED) is 0.862. The van der Waals surface area contributed by atoms with Crippen LogP contribution in [-0.4, -0.2) is 17.5 Å². The highest BCUT2D eigenvalue weighted by Gasteiger charge is 2.34. The van der Waals surface area contributed by atoms with Gasteiger partial charge in [0.1, 0.15) is 5.82 Å². The van der Waals surface area contributed by atoms with E-state index >= 15 is 0 Å². The molecule has 21 heavy (non-hydrogen) atoms. The first kappa shape index (κ1) is 15.0. The van der Waals surface area contributed by atoms with Crippen molar-refractivity contribution in [3.8, 4) is 0 Å². The monoisotopic (exact) mass is 324 g/mol. The minimum absolute atomic E-state index is 0.0316. The lowest BCUT2D eigenvalue weighted by molar-refractivity contribution is 0.182. The van der Waals surface area contributed by atoms with Gasteiger partial charge in [-0.15, -0.1) is 0 Å². The Hall–Kier alpha value is -0.940. The predicted octanol–water partition coefficient (Wildman–Crippen LogP) is 4.21. The molecule has 1 aliphatic rings. The number of rotatable bonds is 6. The Morgan fingerprint density at radius 3 is 2.76 bits per heavy atom. The summed E-state index contributed by atoms with van der Waals surface area (Å²) in [5, 5.41) is 4.40. The molecule has 1 fully saturated rings. The van der Waals surface area contributed by atoms with Gasteiger partial charge in [0.05, 0.1) is 5.02 Å². The molecular weight excluding hydrogens is 307 g/mol. The number of nitrogens with two attached hydrogens (primary N) is 1. The number of benzene rings is 1. The third-order valence-corrected chi connectivity index (χ3v) is 4.95. The Morgan fingerprint density at radius 2 is 2.19 bits per heavy atom. The van der Waals surface area contributed by atoms with Crippen LogP contribution >= 0.6 is 22.9 Å². The van der Waals surface area contributed by atoms with Crippen LogP contribution in [0.4, 0.5) is 4.39 Å². The van der Waals surface area contributed by atoms with Gasteiger partial charge in [0.15, 0.2) is 0 Å². The van der Waals surface area contributed by atoms with E-state index in [4.69, 9.17) is 17.3 Å². The largest absolute Gasteiger partial charge is 0.329 e. The van der Waals surface area contributed by atoms with Crippen LogP contribution < -0.4 is 5.73 Å². The first-order valence-corrected chi connectivity index (χ1v) is 8.43. The molecule has 2 aromatic rings. The van der Waals surface area contributed by atoms with Crippen LogP contribution in [0.5, 0.6) is 0 Å². The second-order valence-corrected chi connectivity index (χ2v) is 6.65. The van der Waals surface area contributed by atoms with Gasteiger partial charge >= 0.3 is 0 Å². The highest BCUT2D eigenvalue weighted by molar-refractivity contribution is 7.07. The second kappa shape index (κ2) is 6.44. The zero-order chi connectivity index (χ0) is 14.8. The van der Waals surface area contributed by atoms with E-state index in [9.17, 15) is 4.39 Å². The van der Waals surface area contributed by atoms with Crippen molar-refractivity contribution < 1.29 is 4.39 Å². The van der Waals surface area contributed by atoms with Crippen molar-refractivity contribution in [2.45, 2.75) is 31.5 Å². The van der Waals surface area contributed by atoms with Crippen LogP contribution in [0.2, 0.25) is 5.02 Å². The fourth-order valence-electron chi connectivity index (χ4n) is 2.68. The molecular formula is C16H18ClFN2S. The molecule has 0 bridgehead atoms. The molecule has 112 valence electrons. The molecule has 0 radical (unpaired) electrons. The van der Waals surface area contributed by atoms with Gasteiger partial charge in [0.2, 0.25) is 0 Å². The maximum atomic E-state index is 13.7. The van der Waals surface area contributed by atoms with Crippen molar-refractivity contribution in [1.82, 2.24) is 4.90 Å². The molecule has 0 aliphatic heterocycles. The Bertz CT molecular complexity index is 598. The van der Waals surface area contributed by atoms with Gasteiger partial charge < -0.3 is 5.73 Å². The molecule has 0 spiro atoms. The van der Waals surface area contributed by atoms with E-state index < -0.39 is 0 Å². The van der Waals surface area contributed by atoms with E-state index in [2.05, 4.69) is 21.7 Å². The molecule has 1 heterocycles. The third-order valence-electron chi connectivity index (χ3n) is 3.91. The number of hydrogen-bond acceptors (Lipinski definition) is 3. The summed E-state index contributed by atoms with van der Waals surface area (Å²) >= 11 is 7.48. The van der Waals surface area contributed by atoms with Gasteiger partial charge in [0, 0.05) is 25.2 Å². The average molecular weight is 325 g/mol. The topological polar surface area (TPSA) is 29.3 Å². The van der Waals surface area contributed by atoms with Crippen molar-refractivity contribution in [2.24, 2.45) is 5.73 Å². The van der Waals surface area contributed by atoms with E-state index in [0.717, 1.165) is 12.1 Å². The SMILES string of the molecule is NCC(c1ccc(Cl)c(F)c1)N(Cc1ccsc1)C1CC1. The predicted molar refractivity (Wildman–Crippen MR) is 86.1 cm³/mol. The Morgan fingerprint density at radius 1 is 1.38 bits per heavy atom. The summed E-state index contributed by atoms with van der Waals surface area (Å²) in [4.78, 5) is 2.39. The molecule has 1 atom stereocenters. The number of nitrogens with zero attached hydrogens (tertiary/aromatic N) is 1. The van der Waals surface area contributed by atoms with Crippen molar-refractivity contribution in [3.05, 3.63) is 57.0 Å². The first-order valence-electron chi connectivity index (χ1n) is 7.11. The Labute approximate surface area is 133 Å². The van der Waals surface area contributed by atoms with Gasteiger partial charge in [-0.05, 0) is 52.9 Å². The summed E-state index contributed by atoms with van der Waals surface area (Å²) in [5.41, 5.74) is 8.19. The maximum absolute atomic E-state index is 13.7. The minimum Gasteiger partial charge on any atom is -0.329 e. The lowest BCUT2D eigenvalue weighted by atomic mass is 10.0. The molecule has 5 heteroatoms. The fraction of sp³-hybridized carbons (Fsp3) is 0.375. The number of hydrogen-bond donors (Lipinski definition) is 1. The second-order valence-electron chi connectivity index (χ2n) is 5.46. The summed E-state index contributed by atoms with van der Waals surface area (Å²) in [5.74, 6) is -0.376. The van der Waals surface area contributed by atoms with Gasteiger partial charge in [-0.3, -0.25) is 4.90 Å². The Balaban J connectivity index is 1.86. The van der Waals surface area contributed by atoms with Gasteiger partial charge in [-0.25, -0.2) is 4.39 Å². The third kappa shape index (κ3) is 3.46. The molecule has 2 nitrogen and oxygen atoms in total. The molecule has 3 rings (SSSR count). The van der Waals surface area contributed by atoms with Gasteiger partial charge in [-0.1, -0.05) is 17.7 Å². The van der Waals surface area contributed by atoms with Crippen LogP contribution in [-0.2, 0) is 6.54 Å². The van der Waals surface area contributed by atoms with Gasteiger partial charge in [0.25, 0.3) is 0 Å². The van der Waals surface area contributed by atoms with Crippen LogP contribution in [0.1, 0.15) is 30.0 Å². The van der Waals surface area contributed by atoms with Crippen molar-refractivity contribution >= 4 is 22.9 Å². The number of halogens is 2. The van der Waals surface area contributed by atoms with Crippen LogP contribution in [0.25, 0.3) is 0 Å². The Kier molecular flexibility index (Phi) is 4.60. The van der Waals surface area contributed by atoms with E-state index in [0.29, 0.717) is 12.6 Å². The van der Waals surface area contributed by atoms with E-state index in [1.807, 2.05) is 6.07 Å². The molecule has 1 aliphatic carbocycles. The molecule has 1 saturated carbocycles. The summed E-state index contributed by atoms with van der Waals surface area (Å²) in [7, 11) is 0. The number of thiophene rings is 1. The molecule has 0 saturated heterocycles. The summed E-state index contributed by atoms with van der Waals surface area (Å²) in [6.45, 7) is 1.34. The lowest BCUT2D eigenvalue weighted by Gasteiger charge is -2.31. The molecule has 1 aromatic carbocycles. The average Bonchev–Trinajstić information content (AvgIpc) is 3.20. The zero-order valence-electron chi connectivity index (χ0n) is 11.6. The van der Waals surface area contributed by atoms with Gasteiger partial charge in [-0.2, -0.15) is 11.3 Å². The van der Waals surface area contributed by atoms with Crippen LogP contribution in [0, 0.1) is 5.82 Å². The molecule has 2 N–H and O–H groups in total. The van der Waals surface area contributed by atoms with Crippen LogP contribution in [0.3, 0.4) is 0 Å². The smallest absolute Gasteiger partial charge is 0.142 e.